The molecule has 2 unspecified atom stereocenters. The van der Waals surface area contributed by atoms with E-state index in [-0.39, 0.29) is 12.0 Å². The van der Waals surface area contributed by atoms with Crippen molar-refractivity contribution < 1.29 is 19.4 Å². The lowest BCUT2D eigenvalue weighted by Crippen LogP contribution is -2.33. The van der Waals surface area contributed by atoms with E-state index in [1.165, 1.54) is 0 Å². The average Bonchev–Trinajstić information content (AvgIpc) is 2.58. The van der Waals surface area contributed by atoms with E-state index in [9.17, 15) is 4.79 Å². The van der Waals surface area contributed by atoms with E-state index in [2.05, 4.69) is 10.3 Å². The Hall–Kier alpha value is -2.76. The second-order valence-corrected chi connectivity index (χ2v) is 6.48. The van der Waals surface area contributed by atoms with Gasteiger partial charge in [-0.2, -0.15) is 0 Å². The molecule has 0 spiro atoms. The highest BCUT2D eigenvalue weighted by molar-refractivity contribution is 5.75. The first kappa shape index (κ1) is 17.1. The standard InChI is InChI=1S/C19H22N2O4/c1-12(7-13(2)21-19(22)23)10-24-15-3-4-17-16-5-6-20-9-14(16)11-25-18(17)8-15/h3-6,8-9,12-13,21H,7,10-11H2,1-2H3,(H,22,23). The van der Waals surface area contributed by atoms with Crippen LogP contribution in [0.2, 0.25) is 0 Å². The summed E-state index contributed by atoms with van der Waals surface area (Å²) in [5, 5.41) is 11.2. The topological polar surface area (TPSA) is 80.7 Å². The van der Waals surface area contributed by atoms with Crippen LogP contribution in [0.1, 0.15) is 25.8 Å². The first-order valence-corrected chi connectivity index (χ1v) is 8.35. The zero-order valence-corrected chi connectivity index (χ0v) is 14.4. The molecule has 2 heterocycles. The molecule has 0 aliphatic carbocycles. The van der Waals surface area contributed by atoms with Gasteiger partial charge in [0.25, 0.3) is 0 Å². The monoisotopic (exact) mass is 342 g/mol. The molecule has 6 nitrogen and oxygen atoms in total. The fraction of sp³-hybridized carbons (Fsp3) is 0.368. The molecule has 0 fully saturated rings. The maximum Gasteiger partial charge on any atom is 0.404 e. The summed E-state index contributed by atoms with van der Waals surface area (Å²) in [4.78, 5) is 14.8. The maximum atomic E-state index is 10.6. The minimum Gasteiger partial charge on any atom is -0.493 e. The van der Waals surface area contributed by atoms with Crippen molar-refractivity contribution in [1.82, 2.24) is 10.3 Å². The number of aromatic nitrogens is 1. The number of hydrogen-bond acceptors (Lipinski definition) is 4. The summed E-state index contributed by atoms with van der Waals surface area (Å²) in [6, 6.07) is 7.74. The molecule has 25 heavy (non-hydrogen) atoms. The van der Waals surface area contributed by atoms with Gasteiger partial charge in [-0.15, -0.1) is 0 Å². The Labute approximate surface area is 146 Å². The first-order chi connectivity index (χ1) is 12.0. The number of carboxylic acid groups (broad SMARTS) is 1. The van der Waals surface area contributed by atoms with Crippen LogP contribution in [0.25, 0.3) is 11.1 Å². The lowest BCUT2D eigenvalue weighted by atomic mass is 9.99. The second kappa shape index (κ2) is 7.42. The summed E-state index contributed by atoms with van der Waals surface area (Å²) >= 11 is 0. The SMILES string of the molecule is CC(COc1ccc2c(c1)OCc1cnccc1-2)CC(C)NC(=O)O. The van der Waals surface area contributed by atoms with Gasteiger partial charge < -0.3 is 19.9 Å². The lowest BCUT2D eigenvalue weighted by molar-refractivity contribution is 0.185. The van der Waals surface area contributed by atoms with Gasteiger partial charge in [0.15, 0.2) is 0 Å². The van der Waals surface area contributed by atoms with Gasteiger partial charge in [-0.3, -0.25) is 4.98 Å². The summed E-state index contributed by atoms with van der Waals surface area (Å²) in [6.07, 6.45) is 3.33. The van der Waals surface area contributed by atoms with Gasteiger partial charge in [0.2, 0.25) is 0 Å². The van der Waals surface area contributed by atoms with Crippen molar-refractivity contribution >= 4 is 6.09 Å². The molecular weight excluding hydrogens is 320 g/mol. The number of nitrogens with one attached hydrogen (secondary N) is 1. The van der Waals surface area contributed by atoms with Crippen molar-refractivity contribution in [2.75, 3.05) is 6.61 Å². The van der Waals surface area contributed by atoms with Crippen molar-refractivity contribution in [2.24, 2.45) is 5.92 Å². The Morgan fingerprint density at radius 2 is 2.20 bits per heavy atom. The molecule has 2 N–H and O–H groups in total. The van der Waals surface area contributed by atoms with E-state index in [0.717, 1.165) is 28.2 Å². The Morgan fingerprint density at radius 1 is 1.36 bits per heavy atom. The smallest absolute Gasteiger partial charge is 0.404 e. The predicted octanol–water partition coefficient (Wildman–Crippen LogP) is 3.70. The third-order valence-electron chi connectivity index (χ3n) is 4.19. The lowest BCUT2D eigenvalue weighted by Gasteiger charge is -2.22. The van der Waals surface area contributed by atoms with Gasteiger partial charge in [0, 0.05) is 35.6 Å². The van der Waals surface area contributed by atoms with Crippen LogP contribution in [0.4, 0.5) is 4.79 Å². The molecule has 0 bridgehead atoms. The van der Waals surface area contributed by atoms with Crippen molar-refractivity contribution in [2.45, 2.75) is 32.9 Å². The molecule has 1 amide bonds. The van der Waals surface area contributed by atoms with Gasteiger partial charge in [0.05, 0.1) is 6.61 Å². The number of ether oxygens (including phenoxy) is 2. The number of carbonyl (C=O) groups is 1. The molecule has 0 radical (unpaired) electrons. The molecule has 2 aromatic rings. The largest absolute Gasteiger partial charge is 0.493 e. The first-order valence-electron chi connectivity index (χ1n) is 8.35. The molecule has 1 aliphatic heterocycles. The van der Waals surface area contributed by atoms with Gasteiger partial charge in [0.1, 0.15) is 18.1 Å². The molecule has 3 rings (SSSR count). The van der Waals surface area contributed by atoms with E-state index in [0.29, 0.717) is 19.6 Å². The maximum absolute atomic E-state index is 10.6. The summed E-state index contributed by atoms with van der Waals surface area (Å²) in [5.41, 5.74) is 3.27. The van der Waals surface area contributed by atoms with Crippen LogP contribution in [0.5, 0.6) is 11.5 Å². The van der Waals surface area contributed by atoms with E-state index in [4.69, 9.17) is 14.6 Å². The van der Waals surface area contributed by atoms with Crippen LogP contribution < -0.4 is 14.8 Å². The average molecular weight is 342 g/mol. The van der Waals surface area contributed by atoms with Crippen LogP contribution in [0.15, 0.2) is 36.7 Å². The fourth-order valence-electron chi connectivity index (χ4n) is 3.07. The number of rotatable bonds is 6. The molecule has 0 saturated heterocycles. The highest BCUT2D eigenvalue weighted by Gasteiger charge is 2.18. The minimum absolute atomic E-state index is 0.104. The van der Waals surface area contributed by atoms with Gasteiger partial charge in [-0.05, 0) is 43.0 Å². The van der Waals surface area contributed by atoms with Crippen LogP contribution in [-0.4, -0.2) is 28.8 Å². The Balaban J connectivity index is 1.61. The van der Waals surface area contributed by atoms with Crippen molar-refractivity contribution in [3.05, 3.63) is 42.2 Å². The van der Waals surface area contributed by atoms with Gasteiger partial charge in [-0.25, -0.2) is 4.79 Å². The van der Waals surface area contributed by atoms with Crippen molar-refractivity contribution in [3.63, 3.8) is 0 Å². The molecule has 132 valence electrons. The summed E-state index contributed by atoms with van der Waals surface area (Å²) < 4.78 is 11.7. The Bertz CT molecular complexity index is 763. The van der Waals surface area contributed by atoms with Crippen LogP contribution >= 0.6 is 0 Å². The molecule has 1 aliphatic rings. The molecule has 1 aromatic heterocycles. The molecule has 0 saturated carbocycles. The number of benzene rings is 1. The Morgan fingerprint density at radius 3 is 3.00 bits per heavy atom. The highest BCUT2D eigenvalue weighted by atomic mass is 16.5. The summed E-state index contributed by atoms with van der Waals surface area (Å²) in [7, 11) is 0. The summed E-state index contributed by atoms with van der Waals surface area (Å²) in [6.45, 7) is 4.92. The van der Waals surface area contributed by atoms with Crippen LogP contribution in [0.3, 0.4) is 0 Å². The second-order valence-electron chi connectivity index (χ2n) is 6.48. The van der Waals surface area contributed by atoms with E-state index in [1.54, 1.807) is 6.20 Å². The van der Waals surface area contributed by atoms with Crippen molar-refractivity contribution in [1.29, 1.82) is 0 Å². The molecular formula is C19H22N2O4. The van der Waals surface area contributed by atoms with Crippen molar-refractivity contribution in [3.8, 4) is 22.6 Å². The fourth-order valence-corrected chi connectivity index (χ4v) is 3.07. The molecule has 2 atom stereocenters. The Kier molecular flexibility index (Phi) is 5.07. The molecule has 1 aromatic carbocycles. The minimum atomic E-state index is -0.997. The number of nitrogens with zero attached hydrogens (tertiary/aromatic N) is 1. The quantitative estimate of drug-likeness (QED) is 0.836. The third-order valence-corrected chi connectivity index (χ3v) is 4.19. The van der Waals surface area contributed by atoms with E-state index >= 15 is 0 Å². The van der Waals surface area contributed by atoms with E-state index < -0.39 is 6.09 Å². The van der Waals surface area contributed by atoms with Crippen LogP contribution in [-0.2, 0) is 6.61 Å². The van der Waals surface area contributed by atoms with Gasteiger partial charge >= 0.3 is 6.09 Å². The number of amides is 1. The number of hydrogen-bond donors (Lipinski definition) is 2. The van der Waals surface area contributed by atoms with Crippen LogP contribution in [0, 0.1) is 5.92 Å². The number of fused-ring (bicyclic) bond motifs is 3. The zero-order chi connectivity index (χ0) is 17.8. The highest BCUT2D eigenvalue weighted by Crippen LogP contribution is 2.39. The zero-order valence-electron chi connectivity index (χ0n) is 14.4. The predicted molar refractivity (Wildman–Crippen MR) is 93.9 cm³/mol. The van der Waals surface area contributed by atoms with E-state index in [1.807, 2.05) is 44.3 Å². The van der Waals surface area contributed by atoms with Gasteiger partial charge in [-0.1, -0.05) is 6.92 Å². The normalized spacial score (nSPS) is 14.5. The third kappa shape index (κ3) is 4.21. The molecule has 6 heteroatoms. The number of pyridine rings is 1. The summed E-state index contributed by atoms with van der Waals surface area (Å²) in [5.74, 6) is 1.79.